The smallest absolute Gasteiger partial charge is 0.497 e. The Bertz CT molecular complexity index is 1110. The Labute approximate surface area is 227 Å². The lowest BCUT2D eigenvalue weighted by atomic mass is 10.2. The summed E-state index contributed by atoms with van der Waals surface area (Å²) >= 11 is 0. The number of carbonyl (C=O) groups excluding carboxylic acids is 2. The van der Waals surface area contributed by atoms with E-state index in [-0.39, 0.29) is 37.0 Å². The van der Waals surface area contributed by atoms with E-state index in [4.69, 9.17) is 23.0 Å². The number of aldehydes is 1. The Balaban J connectivity index is 2.20. The summed E-state index contributed by atoms with van der Waals surface area (Å²) in [6.45, 7) is 13.4. The fourth-order valence-corrected chi connectivity index (χ4v) is 5.93. The van der Waals surface area contributed by atoms with Crippen LogP contribution in [-0.4, -0.2) is 53.8 Å². The summed E-state index contributed by atoms with van der Waals surface area (Å²) in [6.07, 6.45) is 1.16. The van der Waals surface area contributed by atoms with Gasteiger partial charge in [0.1, 0.15) is 23.8 Å². The lowest BCUT2D eigenvalue weighted by Crippen LogP contribution is -2.23. The van der Waals surface area contributed by atoms with Crippen molar-refractivity contribution in [3.63, 3.8) is 0 Å². The maximum absolute atomic E-state index is 13.7. The minimum atomic E-state index is -3.98. The molecule has 2 rings (SSSR count). The highest BCUT2D eigenvalue weighted by Crippen LogP contribution is 2.51. The summed E-state index contributed by atoms with van der Waals surface area (Å²) < 4.78 is 41.7. The maximum Gasteiger partial charge on any atom is 0.530 e. The summed E-state index contributed by atoms with van der Waals surface area (Å²) in [4.78, 5) is 27.5. The predicted octanol–water partition coefficient (Wildman–Crippen LogP) is 6.85. The van der Waals surface area contributed by atoms with Gasteiger partial charge in [-0.3, -0.25) is 24.1 Å². The molecule has 1 aromatic carbocycles. The molecule has 0 spiro atoms. The van der Waals surface area contributed by atoms with Gasteiger partial charge in [-0.1, -0.05) is 39.3 Å². The first-order chi connectivity index (χ1) is 17.7. The number of hydrogen-bond donors (Lipinski definition) is 1. The zero-order valence-corrected chi connectivity index (χ0v) is 26.1. The van der Waals surface area contributed by atoms with Gasteiger partial charge in [0.25, 0.3) is 0 Å². The highest BCUT2D eigenvalue weighted by Gasteiger charge is 2.32. The van der Waals surface area contributed by atoms with E-state index in [1.54, 1.807) is 24.3 Å². The van der Waals surface area contributed by atoms with Crippen LogP contribution in [0.1, 0.15) is 16.1 Å². The van der Waals surface area contributed by atoms with Crippen molar-refractivity contribution in [3.8, 4) is 11.5 Å². The molecule has 0 unspecified atom stereocenters. The van der Waals surface area contributed by atoms with Crippen molar-refractivity contribution in [1.82, 2.24) is 4.98 Å². The third-order valence-electron chi connectivity index (χ3n) is 5.23. The molecule has 210 valence electrons. The molecule has 1 aromatic heterocycles. The molecule has 38 heavy (non-hydrogen) atoms. The van der Waals surface area contributed by atoms with Crippen molar-refractivity contribution in [1.29, 1.82) is 0 Å². The van der Waals surface area contributed by atoms with Gasteiger partial charge in [0, 0.05) is 27.9 Å². The second-order valence-corrected chi connectivity index (χ2v) is 23.9. The van der Waals surface area contributed by atoms with Gasteiger partial charge in [-0.15, -0.1) is 0 Å². The Kier molecular flexibility index (Phi) is 11.7. The van der Waals surface area contributed by atoms with Crippen LogP contribution in [0.4, 0.5) is 10.5 Å². The van der Waals surface area contributed by atoms with Crippen LogP contribution in [0.5, 0.6) is 11.5 Å². The zero-order chi connectivity index (χ0) is 28.4. The summed E-state index contributed by atoms with van der Waals surface area (Å²) in [5, 5.41) is 2.49. The van der Waals surface area contributed by atoms with E-state index < -0.39 is 30.1 Å². The maximum atomic E-state index is 13.7. The van der Waals surface area contributed by atoms with Gasteiger partial charge >= 0.3 is 13.9 Å². The monoisotopic (exact) mass is 582 g/mol. The number of nitrogens with one attached hydrogen (secondary N) is 1. The molecular formula is C25H39N2O8PSi2. The molecule has 0 aliphatic carbocycles. The fourth-order valence-electron chi connectivity index (χ4n) is 2.93. The molecule has 13 heteroatoms. The van der Waals surface area contributed by atoms with E-state index in [2.05, 4.69) is 49.6 Å². The van der Waals surface area contributed by atoms with Gasteiger partial charge in [-0.2, -0.15) is 0 Å². The number of ether oxygens (including phenoxy) is 2. The van der Waals surface area contributed by atoms with E-state index in [0.29, 0.717) is 17.6 Å². The van der Waals surface area contributed by atoms with Gasteiger partial charge in [-0.25, -0.2) is 9.36 Å². The van der Waals surface area contributed by atoms with E-state index >= 15 is 0 Å². The molecule has 0 saturated carbocycles. The van der Waals surface area contributed by atoms with Crippen LogP contribution in [0, 0.1) is 0 Å². The fraction of sp³-hybridized carbons (Fsp3) is 0.480. The van der Waals surface area contributed by atoms with Gasteiger partial charge in [0.15, 0.2) is 6.29 Å². The number of phosphoric acid groups is 1. The average Bonchev–Trinajstić information content (AvgIpc) is 2.82. The van der Waals surface area contributed by atoms with Crippen molar-refractivity contribution in [2.75, 3.05) is 25.6 Å². The number of carbonyl (C=O) groups is 2. The van der Waals surface area contributed by atoms with Crippen molar-refractivity contribution >= 4 is 42.0 Å². The number of aromatic nitrogens is 1. The summed E-state index contributed by atoms with van der Waals surface area (Å²) in [5.74, 6) is 0.666. The van der Waals surface area contributed by atoms with Crippen LogP contribution in [0.2, 0.25) is 51.4 Å². The number of benzene rings is 1. The summed E-state index contributed by atoms with van der Waals surface area (Å²) in [6, 6.07) is 9.50. The molecule has 0 fully saturated rings. The molecule has 1 heterocycles. The van der Waals surface area contributed by atoms with Gasteiger partial charge < -0.3 is 14.0 Å². The quantitative estimate of drug-likeness (QED) is 0.136. The molecular weight excluding hydrogens is 543 g/mol. The van der Waals surface area contributed by atoms with Crippen LogP contribution in [0.3, 0.4) is 0 Å². The molecule has 0 aliphatic heterocycles. The molecule has 0 saturated heterocycles. The SMILES string of the molecule is COc1ccc(OP(=O)(OCC[Si](C)(C)C)OCC[Si](C)(C)C)c(COC(=O)Nc2cccnc2C=O)c1. The number of anilines is 1. The standard InChI is InChI=1S/C25H39N2O8PSi2/c1-31-21-10-11-24(20(17-21)19-32-25(29)27-22-9-8-12-26-23(22)18-28)35-36(30,33-13-15-37(2,3)4)34-14-16-38(5,6)7/h8-12,17-18H,13-16,19H2,1-7H3,(H,27,29). The molecule has 1 amide bonds. The molecule has 0 atom stereocenters. The first-order valence-electron chi connectivity index (χ1n) is 12.3. The lowest BCUT2D eigenvalue weighted by molar-refractivity contribution is 0.111. The van der Waals surface area contributed by atoms with Crippen LogP contribution in [0.15, 0.2) is 36.5 Å². The second-order valence-electron chi connectivity index (χ2n) is 11.1. The first kappa shape index (κ1) is 31.7. The number of methoxy groups -OCH3 is 1. The number of nitrogens with zero attached hydrogens (tertiary/aromatic N) is 1. The highest BCUT2D eigenvalue weighted by molar-refractivity contribution is 7.49. The Morgan fingerprint density at radius 2 is 1.66 bits per heavy atom. The number of hydrogen-bond acceptors (Lipinski definition) is 9. The van der Waals surface area contributed by atoms with Crippen LogP contribution in [0.25, 0.3) is 0 Å². The minimum Gasteiger partial charge on any atom is -0.497 e. The van der Waals surface area contributed by atoms with E-state index in [1.807, 2.05) is 0 Å². The Morgan fingerprint density at radius 3 is 2.21 bits per heavy atom. The van der Waals surface area contributed by atoms with Crippen molar-refractivity contribution < 1.29 is 37.2 Å². The third-order valence-corrected chi connectivity index (χ3v) is 10.1. The number of pyridine rings is 1. The zero-order valence-electron chi connectivity index (χ0n) is 23.2. The number of amides is 1. The predicted molar refractivity (Wildman–Crippen MR) is 153 cm³/mol. The van der Waals surface area contributed by atoms with Crippen LogP contribution < -0.4 is 14.6 Å². The van der Waals surface area contributed by atoms with E-state index in [9.17, 15) is 14.2 Å². The molecule has 1 N–H and O–H groups in total. The lowest BCUT2D eigenvalue weighted by Gasteiger charge is -2.23. The molecule has 2 aromatic rings. The van der Waals surface area contributed by atoms with Crippen LogP contribution >= 0.6 is 7.82 Å². The summed E-state index contributed by atoms with van der Waals surface area (Å²) in [5.41, 5.74) is 0.677. The van der Waals surface area contributed by atoms with Gasteiger partial charge in [0.2, 0.25) is 0 Å². The number of rotatable bonds is 15. The third kappa shape index (κ3) is 11.5. The number of phosphoric ester groups is 1. The first-order valence-corrected chi connectivity index (χ1v) is 21.2. The van der Waals surface area contributed by atoms with Crippen molar-refractivity contribution in [3.05, 3.63) is 47.8 Å². The Hall–Kier alpha value is -2.51. The topological polar surface area (TPSA) is 122 Å². The molecule has 10 nitrogen and oxygen atoms in total. The Morgan fingerprint density at radius 1 is 1.03 bits per heavy atom. The van der Waals surface area contributed by atoms with Gasteiger partial charge in [-0.05, 0) is 42.4 Å². The van der Waals surface area contributed by atoms with Crippen molar-refractivity contribution in [2.24, 2.45) is 0 Å². The normalized spacial score (nSPS) is 12.1. The average molecular weight is 583 g/mol. The molecule has 0 aliphatic rings. The minimum absolute atomic E-state index is 0.0710. The van der Waals surface area contributed by atoms with E-state index in [0.717, 1.165) is 12.1 Å². The largest absolute Gasteiger partial charge is 0.530 e. The molecule has 0 bridgehead atoms. The highest BCUT2D eigenvalue weighted by atomic mass is 31.2. The van der Waals surface area contributed by atoms with E-state index in [1.165, 1.54) is 19.4 Å². The summed E-state index contributed by atoms with van der Waals surface area (Å²) in [7, 11) is -5.39. The van der Waals surface area contributed by atoms with Gasteiger partial charge in [0.05, 0.1) is 26.0 Å². The van der Waals surface area contributed by atoms with Crippen LogP contribution in [-0.2, 0) is 25.0 Å². The molecule has 0 radical (unpaired) electrons. The second kappa shape index (κ2) is 14.0. The van der Waals surface area contributed by atoms with Crippen molar-refractivity contribution in [2.45, 2.75) is 58.0 Å².